The normalized spacial score (nSPS) is 11.1. The first-order valence-corrected chi connectivity index (χ1v) is 7.21. The number of fused-ring (bicyclic) bond motifs is 2. The third-order valence-electron chi connectivity index (χ3n) is 3.87. The van der Waals surface area contributed by atoms with Crippen LogP contribution >= 0.6 is 0 Å². The zero-order chi connectivity index (χ0) is 14.9. The van der Waals surface area contributed by atoms with E-state index in [1.54, 1.807) is 6.20 Å². The zero-order valence-electron chi connectivity index (χ0n) is 12.2. The van der Waals surface area contributed by atoms with Crippen LogP contribution in [0.5, 0.6) is 5.75 Å². The minimum Gasteiger partial charge on any atom is -0.487 e. The summed E-state index contributed by atoms with van der Waals surface area (Å²) < 4.78 is 6.02. The molecular formula is C18H15N3O. The monoisotopic (exact) mass is 289 g/mol. The maximum Gasteiger partial charge on any atom is 0.131 e. The van der Waals surface area contributed by atoms with Crippen LogP contribution in [-0.4, -0.2) is 15.2 Å². The largest absolute Gasteiger partial charge is 0.487 e. The van der Waals surface area contributed by atoms with E-state index in [0.717, 1.165) is 33.3 Å². The second-order valence-corrected chi connectivity index (χ2v) is 5.31. The maximum absolute atomic E-state index is 6.02. The predicted molar refractivity (Wildman–Crippen MR) is 86.9 cm³/mol. The molecule has 0 amide bonds. The summed E-state index contributed by atoms with van der Waals surface area (Å²) in [6, 6.07) is 14.3. The van der Waals surface area contributed by atoms with Gasteiger partial charge in [0.15, 0.2) is 0 Å². The molecule has 0 atom stereocenters. The standard InChI is InChI=1S/C18H15N3O/c1-12-9-19-16(15-10-20-21-18(12)15)11-22-17-8-4-6-13-5-2-3-7-14(13)17/h2-10H,11H2,1H3,(H,20,21). The lowest BCUT2D eigenvalue weighted by Crippen LogP contribution is -2.00. The van der Waals surface area contributed by atoms with Crippen LogP contribution in [-0.2, 0) is 6.61 Å². The van der Waals surface area contributed by atoms with Crippen molar-refractivity contribution in [1.29, 1.82) is 0 Å². The Kier molecular flexibility index (Phi) is 3.00. The van der Waals surface area contributed by atoms with Crippen LogP contribution in [0.15, 0.2) is 54.9 Å². The lowest BCUT2D eigenvalue weighted by atomic mass is 10.1. The molecule has 0 radical (unpaired) electrons. The van der Waals surface area contributed by atoms with Crippen LogP contribution in [0.4, 0.5) is 0 Å². The van der Waals surface area contributed by atoms with Gasteiger partial charge in [-0.1, -0.05) is 36.4 Å². The fourth-order valence-corrected chi connectivity index (χ4v) is 2.70. The molecule has 0 saturated heterocycles. The molecule has 2 aromatic carbocycles. The van der Waals surface area contributed by atoms with Crippen molar-refractivity contribution in [2.45, 2.75) is 13.5 Å². The lowest BCUT2D eigenvalue weighted by molar-refractivity contribution is 0.307. The molecule has 2 aromatic heterocycles. The van der Waals surface area contributed by atoms with Crippen molar-refractivity contribution in [2.24, 2.45) is 0 Å². The van der Waals surface area contributed by atoms with E-state index in [4.69, 9.17) is 4.74 Å². The number of nitrogens with one attached hydrogen (secondary N) is 1. The highest BCUT2D eigenvalue weighted by atomic mass is 16.5. The van der Waals surface area contributed by atoms with E-state index in [1.165, 1.54) is 5.39 Å². The van der Waals surface area contributed by atoms with Gasteiger partial charge in [0, 0.05) is 17.0 Å². The Morgan fingerprint density at radius 1 is 1.00 bits per heavy atom. The zero-order valence-corrected chi connectivity index (χ0v) is 12.2. The van der Waals surface area contributed by atoms with Crippen molar-refractivity contribution in [3.8, 4) is 5.75 Å². The number of aryl methyl sites for hydroxylation is 1. The summed E-state index contributed by atoms with van der Waals surface area (Å²) in [5.41, 5.74) is 3.00. The van der Waals surface area contributed by atoms with Gasteiger partial charge in [0.05, 0.1) is 17.4 Å². The smallest absolute Gasteiger partial charge is 0.131 e. The molecule has 22 heavy (non-hydrogen) atoms. The van der Waals surface area contributed by atoms with E-state index in [9.17, 15) is 0 Å². The first kappa shape index (κ1) is 12.8. The van der Waals surface area contributed by atoms with Gasteiger partial charge in [-0.3, -0.25) is 10.1 Å². The van der Waals surface area contributed by atoms with Crippen molar-refractivity contribution in [2.75, 3.05) is 0 Å². The molecule has 0 spiro atoms. The van der Waals surface area contributed by atoms with Crippen LogP contribution in [0, 0.1) is 6.92 Å². The SMILES string of the molecule is Cc1cnc(COc2cccc3ccccc23)c2cn[nH]c12. The summed E-state index contributed by atoms with van der Waals surface area (Å²) in [5.74, 6) is 0.872. The number of hydrogen-bond donors (Lipinski definition) is 1. The molecule has 0 unspecified atom stereocenters. The number of nitrogens with zero attached hydrogens (tertiary/aromatic N) is 2. The van der Waals surface area contributed by atoms with E-state index >= 15 is 0 Å². The number of H-pyrrole nitrogens is 1. The Hall–Kier alpha value is -2.88. The third-order valence-corrected chi connectivity index (χ3v) is 3.87. The van der Waals surface area contributed by atoms with Crippen molar-refractivity contribution in [1.82, 2.24) is 15.2 Å². The molecule has 0 aliphatic carbocycles. The second-order valence-electron chi connectivity index (χ2n) is 5.31. The number of ether oxygens (including phenoxy) is 1. The van der Waals surface area contributed by atoms with Gasteiger partial charge in [-0.2, -0.15) is 5.10 Å². The van der Waals surface area contributed by atoms with Crippen molar-refractivity contribution in [3.63, 3.8) is 0 Å². The highest BCUT2D eigenvalue weighted by molar-refractivity contribution is 5.88. The molecule has 4 aromatic rings. The summed E-state index contributed by atoms with van der Waals surface area (Å²) in [6.07, 6.45) is 3.65. The maximum atomic E-state index is 6.02. The van der Waals surface area contributed by atoms with Gasteiger partial charge in [0.25, 0.3) is 0 Å². The molecule has 4 heteroatoms. The molecule has 108 valence electrons. The van der Waals surface area contributed by atoms with Crippen LogP contribution in [0.3, 0.4) is 0 Å². The molecule has 2 heterocycles. The topological polar surface area (TPSA) is 50.8 Å². The van der Waals surface area contributed by atoms with Crippen LogP contribution in [0.2, 0.25) is 0 Å². The third kappa shape index (κ3) is 2.09. The average Bonchev–Trinajstić information content (AvgIpc) is 3.05. The molecule has 1 N–H and O–H groups in total. The lowest BCUT2D eigenvalue weighted by Gasteiger charge is -2.10. The fraction of sp³-hybridized carbons (Fsp3) is 0.111. The Morgan fingerprint density at radius 2 is 1.86 bits per heavy atom. The molecule has 0 fully saturated rings. The van der Waals surface area contributed by atoms with Crippen molar-refractivity contribution in [3.05, 3.63) is 66.1 Å². The Labute approximate surface area is 127 Å². The van der Waals surface area contributed by atoms with Crippen molar-refractivity contribution < 1.29 is 4.74 Å². The quantitative estimate of drug-likeness (QED) is 0.620. The van der Waals surface area contributed by atoms with E-state index < -0.39 is 0 Å². The fourth-order valence-electron chi connectivity index (χ4n) is 2.70. The van der Waals surface area contributed by atoms with Crippen LogP contribution < -0.4 is 4.74 Å². The summed E-state index contributed by atoms with van der Waals surface area (Å²) in [7, 11) is 0. The van der Waals surface area contributed by atoms with Gasteiger partial charge in [-0.15, -0.1) is 0 Å². The first-order chi connectivity index (χ1) is 10.8. The Bertz CT molecular complexity index is 954. The summed E-state index contributed by atoms with van der Waals surface area (Å²) in [6.45, 7) is 2.44. The number of benzene rings is 2. The predicted octanol–water partition coefficient (Wildman–Crippen LogP) is 4.00. The molecule has 4 rings (SSSR count). The highest BCUT2D eigenvalue weighted by Gasteiger charge is 2.09. The molecule has 0 saturated carbocycles. The minimum absolute atomic E-state index is 0.421. The molecular weight excluding hydrogens is 274 g/mol. The average molecular weight is 289 g/mol. The number of aromatic amines is 1. The van der Waals surface area contributed by atoms with E-state index in [0.29, 0.717) is 6.61 Å². The van der Waals surface area contributed by atoms with E-state index in [2.05, 4.69) is 33.4 Å². The van der Waals surface area contributed by atoms with Gasteiger partial charge >= 0.3 is 0 Å². The molecule has 0 aliphatic heterocycles. The van der Waals surface area contributed by atoms with Gasteiger partial charge in [0.2, 0.25) is 0 Å². The number of hydrogen-bond acceptors (Lipinski definition) is 3. The first-order valence-electron chi connectivity index (χ1n) is 7.21. The van der Waals surface area contributed by atoms with Gasteiger partial charge in [-0.05, 0) is 23.9 Å². The number of aromatic nitrogens is 3. The summed E-state index contributed by atoms with van der Waals surface area (Å²) >= 11 is 0. The molecule has 4 nitrogen and oxygen atoms in total. The van der Waals surface area contributed by atoms with E-state index in [1.807, 2.05) is 37.4 Å². The molecule has 0 bridgehead atoms. The number of rotatable bonds is 3. The second kappa shape index (κ2) is 5.15. The summed E-state index contributed by atoms with van der Waals surface area (Å²) in [4.78, 5) is 4.49. The minimum atomic E-state index is 0.421. The Balaban J connectivity index is 1.69. The Morgan fingerprint density at radius 3 is 2.82 bits per heavy atom. The van der Waals surface area contributed by atoms with E-state index in [-0.39, 0.29) is 0 Å². The van der Waals surface area contributed by atoms with Gasteiger partial charge < -0.3 is 4.74 Å². The summed E-state index contributed by atoms with van der Waals surface area (Å²) in [5, 5.41) is 10.4. The van der Waals surface area contributed by atoms with Gasteiger partial charge in [0.1, 0.15) is 12.4 Å². The highest BCUT2D eigenvalue weighted by Crippen LogP contribution is 2.26. The van der Waals surface area contributed by atoms with Gasteiger partial charge in [-0.25, -0.2) is 0 Å². The van der Waals surface area contributed by atoms with Crippen LogP contribution in [0.1, 0.15) is 11.3 Å². The van der Waals surface area contributed by atoms with Crippen LogP contribution in [0.25, 0.3) is 21.7 Å². The molecule has 0 aliphatic rings. The van der Waals surface area contributed by atoms with Crippen molar-refractivity contribution >= 4 is 21.7 Å². The number of pyridine rings is 1.